The van der Waals surface area contributed by atoms with E-state index in [1.165, 1.54) is 6.07 Å². The summed E-state index contributed by atoms with van der Waals surface area (Å²) in [6.45, 7) is 8.26. The number of carbonyl (C=O) groups is 2. The van der Waals surface area contributed by atoms with Gasteiger partial charge in [-0.1, -0.05) is 39.0 Å². The highest BCUT2D eigenvalue weighted by molar-refractivity contribution is 5.80. The van der Waals surface area contributed by atoms with Crippen molar-refractivity contribution in [2.45, 2.75) is 33.6 Å². The second kappa shape index (κ2) is 7.11. The normalized spacial score (nSPS) is 15.7. The summed E-state index contributed by atoms with van der Waals surface area (Å²) in [6, 6.07) is 6.35. The molecule has 5 heteroatoms. The molecule has 2 rings (SSSR count). The topological polar surface area (TPSA) is 40.6 Å². The van der Waals surface area contributed by atoms with E-state index in [1.807, 2.05) is 25.7 Å². The summed E-state index contributed by atoms with van der Waals surface area (Å²) in [5, 5.41) is 0. The smallest absolute Gasteiger partial charge is 0.227 e. The van der Waals surface area contributed by atoms with E-state index in [2.05, 4.69) is 0 Å². The molecule has 2 amide bonds. The lowest BCUT2D eigenvalue weighted by Crippen LogP contribution is -2.51. The highest BCUT2D eigenvalue weighted by atomic mass is 19.1. The van der Waals surface area contributed by atoms with Gasteiger partial charge >= 0.3 is 0 Å². The number of halogens is 1. The third-order valence-corrected chi connectivity index (χ3v) is 3.97. The largest absolute Gasteiger partial charge is 0.339 e. The van der Waals surface area contributed by atoms with Gasteiger partial charge < -0.3 is 9.80 Å². The van der Waals surface area contributed by atoms with Crippen LogP contribution < -0.4 is 0 Å². The minimum absolute atomic E-state index is 0.0329. The second-order valence-electron chi connectivity index (χ2n) is 7.27. The van der Waals surface area contributed by atoms with Gasteiger partial charge in [0.2, 0.25) is 11.8 Å². The standard InChI is InChI=1S/C18H25FN2O2/c1-18(2,3)13-17(23)21-10-8-20(9-11-21)16(22)12-14-6-4-5-7-15(14)19/h4-7H,8-13H2,1-3H3. The number of rotatable bonds is 3. The Balaban J connectivity index is 1.85. The maximum atomic E-state index is 13.6. The molecule has 1 aromatic carbocycles. The van der Waals surface area contributed by atoms with E-state index in [9.17, 15) is 14.0 Å². The van der Waals surface area contributed by atoms with Gasteiger partial charge in [-0.05, 0) is 17.0 Å². The van der Waals surface area contributed by atoms with Crippen molar-refractivity contribution in [2.75, 3.05) is 26.2 Å². The molecule has 0 bridgehead atoms. The first kappa shape index (κ1) is 17.4. The Labute approximate surface area is 137 Å². The maximum absolute atomic E-state index is 13.6. The summed E-state index contributed by atoms with van der Waals surface area (Å²) >= 11 is 0. The predicted molar refractivity (Wildman–Crippen MR) is 87.3 cm³/mol. The van der Waals surface area contributed by atoms with E-state index in [1.54, 1.807) is 23.1 Å². The van der Waals surface area contributed by atoms with Crippen LogP contribution in [0.5, 0.6) is 0 Å². The molecule has 1 heterocycles. The molecule has 0 unspecified atom stereocenters. The zero-order chi connectivity index (χ0) is 17.0. The summed E-state index contributed by atoms with van der Waals surface area (Å²) < 4.78 is 13.6. The van der Waals surface area contributed by atoms with Crippen molar-refractivity contribution < 1.29 is 14.0 Å². The maximum Gasteiger partial charge on any atom is 0.227 e. The summed E-state index contributed by atoms with van der Waals surface area (Å²) in [6.07, 6.45) is 0.582. The third-order valence-electron chi connectivity index (χ3n) is 3.97. The van der Waals surface area contributed by atoms with Crippen LogP contribution in [0.2, 0.25) is 0 Å². The van der Waals surface area contributed by atoms with Crippen LogP contribution in [-0.2, 0) is 16.0 Å². The molecule has 1 aliphatic rings. The Morgan fingerprint density at radius 1 is 1.00 bits per heavy atom. The van der Waals surface area contributed by atoms with Crippen LogP contribution in [-0.4, -0.2) is 47.8 Å². The van der Waals surface area contributed by atoms with E-state index in [0.717, 1.165) is 0 Å². The summed E-state index contributed by atoms with van der Waals surface area (Å²) in [4.78, 5) is 28.0. The number of hydrogen-bond acceptors (Lipinski definition) is 2. The van der Waals surface area contributed by atoms with Crippen molar-refractivity contribution >= 4 is 11.8 Å². The number of amides is 2. The predicted octanol–water partition coefficient (Wildman–Crippen LogP) is 2.48. The Morgan fingerprint density at radius 3 is 2.04 bits per heavy atom. The first-order valence-electron chi connectivity index (χ1n) is 8.05. The van der Waals surface area contributed by atoms with Crippen molar-refractivity contribution in [1.82, 2.24) is 9.80 Å². The Hall–Kier alpha value is -1.91. The third kappa shape index (κ3) is 5.05. The molecule has 23 heavy (non-hydrogen) atoms. The summed E-state index contributed by atoms with van der Waals surface area (Å²) in [5.74, 6) is -0.295. The fraction of sp³-hybridized carbons (Fsp3) is 0.556. The molecule has 0 saturated carbocycles. The first-order valence-corrected chi connectivity index (χ1v) is 8.05. The van der Waals surface area contributed by atoms with Crippen LogP contribution >= 0.6 is 0 Å². The Morgan fingerprint density at radius 2 is 1.52 bits per heavy atom. The molecule has 4 nitrogen and oxygen atoms in total. The Bertz CT molecular complexity index is 573. The molecule has 0 aromatic heterocycles. The Kier molecular flexibility index (Phi) is 5.39. The van der Waals surface area contributed by atoms with Crippen molar-refractivity contribution in [2.24, 2.45) is 5.41 Å². The lowest BCUT2D eigenvalue weighted by molar-refractivity contribution is -0.140. The van der Waals surface area contributed by atoms with Crippen LogP contribution in [0.1, 0.15) is 32.8 Å². The zero-order valence-corrected chi connectivity index (χ0v) is 14.1. The van der Waals surface area contributed by atoms with Gasteiger partial charge in [-0.25, -0.2) is 4.39 Å². The SMILES string of the molecule is CC(C)(C)CC(=O)N1CCN(C(=O)Cc2ccccc2F)CC1. The van der Waals surface area contributed by atoms with Crippen LogP contribution in [0.3, 0.4) is 0 Å². The quantitative estimate of drug-likeness (QED) is 0.858. The van der Waals surface area contributed by atoms with Crippen LogP contribution in [0.4, 0.5) is 4.39 Å². The van der Waals surface area contributed by atoms with E-state index >= 15 is 0 Å². The minimum Gasteiger partial charge on any atom is -0.339 e. The number of piperazine rings is 1. The molecular formula is C18H25FN2O2. The van der Waals surface area contributed by atoms with Crippen molar-refractivity contribution in [1.29, 1.82) is 0 Å². The van der Waals surface area contributed by atoms with Crippen LogP contribution in [0.15, 0.2) is 24.3 Å². The average Bonchev–Trinajstić information content (AvgIpc) is 2.48. The molecule has 0 N–H and O–H groups in total. The molecular weight excluding hydrogens is 295 g/mol. The van der Waals surface area contributed by atoms with Gasteiger partial charge in [0.05, 0.1) is 6.42 Å². The molecule has 1 aromatic rings. The van der Waals surface area contributed by atoms with Gasteiger partial charge in [-0.3, -0.25) is 9.59 Å². The van der Waals surface area contributed by atoms with Crippen LogP contribution in [0.25, 0.3) is 0 Å². The number of nitrogens with zero attached hydrogens (tertiary/aromatic N) is 2. The molecule has 1 aliphatic heterocycles. The second-order valence-corrected chi connectivity index (χ2v) is 7.27. The number of carbonyl (C=O) groups excluding carboxylic acids is 2. The fourth-order valence-electron chi connectivity index (χ4n) is 2.69. The van der Waals surface area contributed by atoms with Gasteiger partial charge in [0, 0.05) is 32.6 Å². The van der Waals surface area contributed by atoms with Crippen molar-refractivity contribution in [3.05, 3.63) is 35.6 Å². The fourth-order valence-corrected chi connectivity index (χ4v) is 2.69. The van der Waals surface area contributed by atoms with Gasteiger partial charge in [0.25, 0.3) is 0 Å². The highest BCUT2D eigenvalue weighted by Crippen LogP contribution is 2.20. The average molecular weight is 320 g/mol. The molecule has 0 atom stereocenters. The molecule has 0 aliphatic carbocycles. The number of hydrogen-bond donors (Lipinski definition) is 0. The lowest BCUT2D eigenvalue weighted by atomic mass is 9.91. The van der Waals surface area contributed by atoms with E-state index in [0.29, 0.717) is 38.2 Å². The molecule has 1 saturated heterocycles. The van der Waals surface area contributed by atoms with Gasteiger partial charge in [0.15, 0.2) is 0 Å². The van der Waals surface area contributed by atoms with Crippen LogP contribution in [0, 0.1) is 11.2 Å². The van der Waals surface area contributed by atoms with Gasteiger partial charge in [-0.2, -0.15) is 0 Å². The monoisotopic (exact) mass is 320 g/mol. The van der Waals surface area contributed by atoms with Crippen molar-refractivity contribution in [3.63, 3.8) is 0 Å². The highest BCUT2D eigenvalue weighted by Gasteiger charge is 2.26. The minimum atomic E-state index is -0.347. The van der Waals surface area contributed by atoms with E-state index in [-0.39, 0.29) is 29.5 Å². The van der Waals surface area contributed by atoms with E-state index in [4.69, 9.17) is 0 Å². The zero-order valence-electron chi connectivity index (χ0n) is 14.1. The number of benzene rings is 1. The molecule has 126 valence electrons. The molecule has 0 radical (unpaired) electrons. The van der Waals surface area contributed by atoms with Crippen molar-refractivity contribution in [3.8, 4) is 0 Å². The lowest BCUT2D eigenvalue weighted by Gasteiger charge is -2.36. The summed E-state index contributed by atoms with van der Waals surface area (Å²) in [7, 11) is 0. The van der Waals surface area contributed by atoms with Gasteiger partial charge in [-0.15, -0.1) is 0 Å². The van der Waals surface area contributed by atoms with E-state index < -0.39 is 0 Å². The summed E-state index contributed by atoms with van der Waals surface area (Å²) in [5.41, 5.74) is 0.387. The first-order chi connectivity index (χ1) is 10.8. The molecule has 1 fully saturated rings. The van der Waals surface area contributed by atoms with Gasteiger partial charge in [0.1, 0.15) is 5.82 Å². The molecule has 0 spiro atoms.